The topological polar surface area (TPSA) is 25.8 Å². The van der Waals surface area contributed by atoms with E-state index in [1.165, 1.54) is 0 Å². The summed E-state index contributed by atoms with van der Waals surface area (Å²) in [4.78, 5) is 7.56. The number of hydrogen-bond acceptors (Lipinski definition) is 2. The van der Waals surface area contributed by atoms with E-state index in [0.29, 0.717) is 0 Å². The molecule has 0 aliphatic rings. The molecule has 3 heteroatoms. The van der Waals surface area contributed by atoms with Gasteiger partial charge in [-0.1, -0.05) is 27.7 Å². The fourth-order valence-corrected chi connectivity index (χ4v) is 0.338. The Labute approximate surface area is 87.7 Å². The Bertz CT molecular complexity index is 142. The predicted molar refractivity (Wildman–Crippen MR) is 48.3 cm³/mol. The van der Waals surface area contributed by atoms with Crippen molar-refractivity contribution in [1.29, 1.82) is 0 Å². The van der Waals surface area contributed by atoms with Gasteiger partial charge >= 0.3 is 0 Å². The molecule has 1 heterocycles. The van der Waals surface area contributed by atoms with E-state index >= 15 is 0 Å². The van der Waals surface area contributed by atoms with E-state index < -0.39 is 0 Å². The number of hydrogen-bond donors (Lipinski definition) is 0. The molecule has 0 aromatic carbocycles. The van der Waals surface area contributed by atoms with Crippen LogP contribution in [0.25, 0.3) is 0 Å². The van der Waals surface area contributed by atoms with Gasteiger partial charge in [-0.2, -0.15) is 0 Å². The first-order chi connectivity index (χ1) is 5.39. The molecular formula is C9H17N2V-. The van der Waals surface area contributed by atoms with Crippen molar-refractivity contribution in [2.24, 2.45) is 0 Å². The smallest absolute Gasteiger partial charge is 0 e. The molecule has 12 heavy (non-hydrogen) atoms. The third-order valence-corrected chi connectivity index (χ3v) is 0.636. The van der Waals surface area contributed by atoms with Crippen molar-refractivity contribution in [3.8, 4) is 0 Å². The normalized spacial score (nSPS) is 6.08. The van der Waals surface area contributed by atoms with E-state index in [4.69, 9.17) is 0 Å². The molecule has 1 aromatic heterocycles. The summed E-state index contributed by atoms with van der Waals surface area (Å²) >= 11 is 0. The summed E-state index contributed by atoms with van der Waals surface area (Å²) in [7, 11) is 0. The minimum atomic E-state index is 0. The summed E-state index contributed by atoms with van der Waals surface area (Å²) in [6.07, 6.45) is 5.92. The van der Waals surface area contributed by atoms with Gasteiger partial charge in [0.15, 0.2) is 0 Å². The molecule has 0 spiro atoms. The molecule has 1 aromatic rings. The summed E-state index contributed by atoms with van der Waals surface area (Å²) in [5, 5.41) is 0. The largest absolute Gasteiger partial charge is 0.456 e. The van der Waals surface area contributed by atoms with E-state index in [1.807, 2.05) is 34.6 Å². The van der Waals surface area contributed by atoms with Crippen LogP contribution < -0.4 is 0 Å². The van der Waals surface area contributed by atoms with Crippen LogP contribution in [-0.2, 0) is 18.6 Å². The quantitative estimate of drug-likeness (QED) is 0.607. The number of nitrogens with zero attached hydrogens (tertiary/aromatic N) is 2. The van der Waals surface area contributed by atoms with Gasteiger partial charge in [0.2, 0.25) is 0 Å². The van der Waals surface area contributed by atoms with Crippen molar-refractivity contribution in [2.75, 3.05) is 0 Å². The van der Waals surface area contributed by atoms with Gasteiger partial charge in [-0.05, 0) is 18.8 Å². The van der Waals surface area contributed by atoms with Crippen molar-refractivity contribution in [3.63, 3.8) is 0 Å². The Hall–Kier alpha value is -0.336. The zero-order valence-electron chi connectivity index (χ0n) is 8.50. The second-order valence-corrected chi connectivity index (χ2v) is 1.25. The Morgan fingerprint density at radius 1 is 1.08 bits per heavy atom. The molecule has 0 amide bonds. The first-order valence-electron chi connectivity index (χ1n) is 4.05. The van der Waals surface area contributed by atoms with Crippen LogP contribution in [0.3, 0.4) is 0 Å². The Morgan fingerprint density at radius 3 is 1.75 bits per heavy atom. The van der Waals surface area contributed by atoms with E-state index in [9.17, 15) is 0 Å². The minimum absolute atomic E-state index is 0. The molecule has 69 valence electrons. The number of rotatable bonds is 0. The van der Waals surface area contributed by atoms with Gasteiger partial charge < -0.3 is 4.98 Å². The van der Waals surface area contributed by atoms with Gasteiger partial charge in [0, 0.05) is 18.6 Å². The van der Waals surface area contributed by atoms with Gasteiger partial charge in [0.25, 0.3) is 0 Å². The number of aromatic nitrogens is 2. The molecule has 0 N–H and O–H groups in total. The third kappa shape index (κ3) is 12.4. The molecule has 0 aliphatic carbocycles. The average molecular weight is 204 g/mol. The molecule has 0 unspecified atom stereocenters. The Morgan fingerprint density at radius 2 is 1.58 bits per heavy atom. The SMILES string of the molecule is CC.CC.Cc1[c-]nccn1.[V]. The van der Waals surface area contributed by atoms with Crippen molar-refractivity contribution in [1.82, 2.24) is 9.97 Å². The van der Waals surface area contributed by atoms with Crippen LogP contribution in [0, 0.1) is 13.1 Å². The van der Waals surface area contributed by atoms with E-state index in [1.54, 1.807) is 12.4 Å². The molecule has 1 rings (SSSR count). The van der Waals surface area contributed by atoms with Gasteiger partial charge in [-0.3, -0.25) is 4.98 Å². The maximum atomic E-state index is 3.86. The van der Waals surface area contributed by atoms with Crippen molar-refractivity contribution < 1.29 is 18.6 Å². The van der Waals surface area contributed by atoms with Crippen molar-refractivity contribution in [3.05, 3.63) is 24.3 Å². The van der Waals surface area contributed by atoms with Gasteiger partial charge in [-0.25, -0.2) is 0 Å². The summed E-state index contributed by atoms with van der Waals surface area (Å²) in [5.74, 6) is 0. The van der Waals surface area contributed by atoms with Crippen LogP contribution in [0.1, 0.15) is 33.4 Å². The Balaban J connectivity index is -0.000000144. The van der Waals surface area contributed by atoms with Crippen molar-refractivity contribution in [2.45, 2.75) is 34.6 Å². The third-order valence-electron chi connectivity index (χ3n) is 0.636. The molecule has 0 fully saturated rings. The van der Waals surface area contributed by atoms with E-state index in [2.05, 4.69) is 16.2 Å². The Kier molecular flexibility index (Phi) is 25.0. The van der Waals surface area contributed by atoms with E-state index in [-0.39, 0.29) is 18.6 Å². The minimum Gasteiger partial charge on any atom is -0.456 e. The monoisotopic (exact) mass is 204 g/mol. The predicted octanol–water partition coefficient (Wildman–Crippen LogP) is 2.64. The van der Waals surface area contributed by atoms with Crippen LogP contribution in [0.15, 0.2) is 12.4 Å². The fourth-order valence-electron chi connectivity index (χ4n) is 0.338. The molecule has 1 radical (unpaired) electrons. The molecule has 0 saturated carbocycles. The second kappa shape index (κ2) is 17.0. The molecule has 0 atom stereocenters. The molecule has 0 aliphatic heterocycles. The van der Waals surface area contributed by atoms with Crippen LogP contribution in [0.2, 0.25) is 0 Å². The van der Waals surface area contributed by atoms with Crippen LogP contribution in [0.5, 0.6) is 0 Å². The maximum absolute atomic E-state index is 3.86. The second-order valence-electron chi connectivity index (χ2n) is 1.25. The summed E-state index contributed by atoms with van der Waals surface area (Å²) in [5.41, 5.74) is 0.836. The molecule has 0 bridgehead atoms. The average Bonchev–Trinajstić information content (AvgIpc) is 2.13. The van der Waals surface area contributed by atoms with Gasteiger partial charge in [0.1, 0.15) is 0 Å². The first-order valence-corrected chi connectivity index (χ1v) is 4.05. The maximum Gasteiger partial charge on any atom is 0 e. The van der Waals surface area contributed by atoms with E-state index in [0.717, 1.165) is 5.69 Å². The van der Waals surface area contributed by atoms with Crippen LogP contribution in [-0.4, -0.2) is 9.97 Å². The molecular weight excluding hydrogens is 187 g/mol. The summed E-state index contributed by atoms with van der Waals surface area (Å²) in [6, 6.07) is 0. The zero-order valence-corrected chi connectivity index (χ0v) is 9.89. The zero-order chi connectivity index (χ0) is 9.11. The molecule has 0 saturated heterocycles. The summed E-state index contributed by atoms with van der Waals surface area (Å²) in [6.45, 7) is 9.85. The van der Waals surface area contributed by atoms with Crippen molar-refractivity contribution >= 4 is 0 Å². The van der Waals surface area contributed by atoms with Gasteiger partial charge in [0.05, 0.1) is 0 Å². The van der Waals surface area contributed by atoms with Gasteiger partial charge in [-0.15, -0.1) is 12.4 Å². The standard InChI is InChI=1S/C5H5N2.2C2H6.V/c1-5-4-6-2-3-7-5;2*1-2;/h2-3H,1H3;2*1-2H3;/q-1;;;. The fraction of sp³-hybridized carbons (Fsp3) is 0.556. The number of aryl methyl sites for hydroxylation is 1. The van der Waals surface area contributed by atoms with Crippen LogP contribution in [0.4, 0.5) is 0 Å². The van der Waals surface area contributed by atoms with Crippen LogP contribution >= 0.6 is 0 Å². The first kappa shape index (κ1) is 17.7. The molecule has 2 nitrogen and oxygen atoms in total. The summed E-state index contributed by atoms with van der Waals surface area (Å²) < 4.78 is 0.